The molecule has 0 aromatic heterocycles. The summed E-state index contributed by atoms with van der Waals surface area (Å²) in [6.45, 7) is 2.10. The number of sulfonamides is 1. The minimum absolute atomic E-state index is 0. The second kappa shape index (κ2) is 14.9. The van der Waals surface area contributed by atoms with Gasteiger partial charge in [-0.05, 0) is 6.42 Å². The predicted molar refractivity (Wildman–Crippen MR) is 74.0 cm³/mol. The van der Waals surface area contributed by atoms with E-state index in [2.05, 4.69) is 11.6 Å². The average molecular weight is 332 g/mol. The first kappa shape index (κ1) is 23.3. The molecule has 0 heterocycles. The predicted octanol–water partition coefficient (Wildman–Crippen LogP) is -1.81. The number of nitrogens with one attached hydrogen (secondary N) is 1. The number of carbonyl (C=O) groups is 1. The van der Waals surface area contributed by atoms with Gasteiger partial charge < -0.3 is 9.90 Å². The van der Waals surface area contributed by atoms with Crippen molar-refractivity contribution in [3.05, 3.63) is 0 Å². The number of carboxylic acids is 1. The van der Waals surface area contributed by atoms with Gasteiger partial charge >= 0.3 is 51.4 Å². The smallest absolute Gasteiger partial charge is 0.550 e. The molecule has 0 aliphatic carbocycles. The third kappa shape index (κ3) is 17.1. The molecule has 0 unspecified atom stereocenters. The topological polar surface area (TPSA) is 86.3 Å². The molecule has 114 valence electrons. The summed E-state index contributed by atoms with van der Waals surface area (Å²) in [4.78, 5) is 10.1. The van der Waals surface area contributed by atoms with Gasteiger partial charge in [0.15, 0.2) is 0 Å². The van der Waals surface area contributed by atoms with Crippen molar-refractivity contribution in [3.8, 4) is 0 Å². The molecule has 0 aliphatic heterocycles. The summed E-state index contributed by atoms with van der Waals surface area (Å²) in [6.07, 6.45) is 8.49. The Hall–Kier alpha value is 1.02. The monoisotopic (exact) mass is 331 g/mol. The van der Waals surface area contributed by atoms with E-state index in [0.29, 0.717) is 6.42 Å². The van der Waals surface area contributed by atoms with Crippen molar-refractivity contribution in [2.75, 3.05) is 12.3 Å². The molecule has 0 fully saturated rings. The second-order valence-electron chi connectivity index (χ2n) is 4.81. The number of aliphatic carboxylic acids is 1. The summed E-state index contributed by atoms with van der Waals surface area (Å²) >= 11 is 0. The zero-order valence-corrected chi connectivity index (χ0v) is 16.8. The van der Waals surface area contributed by atoms with E-state index >= 15 is 0 Å². The molecule has 7 heteroatoms. The zero-order chi connectivity index (χ0) is 14.6. The van der Waals surface area contributed by atoms with E-state index in [0.717, 1.165) is 19.3 Å². The fourth-order valence-corrected chi connectivity index (χ4v) is 2.95. The van der Waals surface area contributed by atoms with Crippen molar-refractivity contribution in [2.24, 2.45) is 0 Å². The van der Waals surface area contributed by atoms with Crippen molar-refractivity contribution in [2.45, 2.75) is 64.7 Å². The maximum atomic E-state index is 11.5. The first-order chi connectivity index (χ1) is 8.98. The molecule has 20 heavy (non-hydrogen) atoms. The van der Waals surface area contributed by atoms with Crippen molar-refractivity contribution < 1.29 is 69.7 Å². The van der Waals surface area contributed by atoms with Crippen LogP contribution in [-0.4, -0.2) is 26.7 Å². The van der Waals surface area contributed by atoms with Crippen molar-refractivity contribution in [1.82, 2.24) is 4.72 Å². The normalized spacial score (nSPS) is 11.1. The van der Waals surface area contributed by atoms with Gasteiger partial charge in [-0.3, -0.25) is 0 Å². The van der Waals surface area contributed by atoms with Gasteiger partial charge in [-0.15, -0.1) is 0 Å². The van der Waals surface area contributed by atoms with Gasteiger partial charge in [-0.1, -0.05) is 51.9 Å². The molecule has 0 rings (SSSR count). The summed E-state index contributed by atoms with van der Waals surface area (Å²) in [7, 11) is -3.32. The van der Waals surface area contributed by atoms with Gasteiger partial charge in [-0.2, -0.15) is 0 Å². The first-order valence-electron chi connectivity index (χ1n) is 7.15. The van der Waals surface area contributed by atoms with Crippen LogP contribution in [0.25, 0.3) is 0 Å². The Morgan fingerprint density at radius 3 is 2.00 bits per heavy atom. The molecule has 0 aromatic rings. The molecule has 1 N–H and O–H groups in total. The van der Waals surface area contributed by atoms with Crippen LogP contribution in [0, 0.1) is 0 Å². The Kier molecular flexibility index (Phi) is 17.4. The molecule has 0 aromatic carbocycles. The van der Waals surface area contributed by atoms with E-state index in [1.807, 2.05) is 0 Å². The van der Waals surface area contributed by atoms with Gasteiger partial charge in [0.1, 0.15) is 0 Å². The summed E-state index contributed by atoms with van der Waals surface area (Å²) in [5.41, 5.74) is 0. The van der Waals surface area contributed by atoms with Crippen LogP contribution in [0.4, 0.5) is 0 Å². The van der Waals surface area contributed by atoms with Crippen LogP contribution in [-0.2, 0) is 14.8 Å². The van der Waals surface area contributed by atoms with Gasteiger partial charge in [0.25, 0.3) is 0 Å². The molecule has 0 radical (unpaired) electrons. The van der Waals surface area contributed by atoms with Gasteiger partial charge in [0.05, 0.1) is 5.75 Å². The molecule has 0 saturated heterocycles. The van der Waals surface area contributed by atoms with E-state index < -0.39 is 16.0 Å². The minimum Gasteiger partial charge on any atom is -0.550 e. The van der Waals surface area contributed by atoms with Crippen LogP contribution in [0.5, 0.6) is 0 Å². The maximum Gasteiger partial charge on any atom is 1.00 e. The Bertz CT molecular complexity index is 333. The van der Waals surface area contributed by atoms with Crippen LogP contribution in [0.3, 0.4) is 0 Å². The van der Waals surface area contributed by atoms with Crippen LogP contribution >= 0.6 is 0 Å². The summed E-state index contributed by atoms with van der Waals surface area (Å²) in [5, 5.41) is 10.1. The van der Waals surface area contributed by atoms with Crippen LogP contribution < -0.4 is 61.2 Å². The molecule has 0 saturated carbocycles. The molecular formula is C13H26KNO4S. The Morgan fingerprint density at radius 2 is 1.50 bits per heavy atom. The number of carboxylic acid groups (broad SMARTS) is 1. The number of hydrogen-bond acceptors (Lipinski definition) is 4. The molecule has 5 nitrogen and oxygen atoms in total. The van der Waals surface area contributed by atoms with Crippen LogP contribution in [0.1, 0.15) is 64.7 Å². The van der Waals surface area contributed by atoms with Crippen molar-refractivity contribution in [1.29, 1.82) is 0 Å². The molecule has 0 bridgehead atoms. The Morgan fingerprint density at radius 1 is 1.00 bits per heavy atom. The number of hydrogen-bond donors (Lipinski definition) is 1. The van der Waals surface area contributed by atoms with E-state index in [1.165, 1.54) is 25.7 Å². The molecule has 0 aliphatic rings. The third-order valence-electron chi connectivity index (χ3n) is 2.92. The second-order valence-corrected chi connectivity index (χ2v) is 6.74. The van der Waals surface area contributed by atoms with E-state index in [4.69, 9.17) is 0 Å². The van der Waals surface area contributed by atoms with Gasteiger partial charge in [0.2, 0.25) is 10.0 Å². The maximum absolute atomic E-state index is 11.5. The van der Waals surface area contributed by atoms with Crippen molar-refractivity contribution in [3.63, 3.8) is 0 Å². The SMILES string of the molecule is CCCCCCCCCCS(=O)(=O)NCCC(=O)[O-].[K+]. The summed E-state index contributed by atoms with van der Waals surface area (Å²) in [6, 6.07) is 0. The van der Waals surface area contributed by atoms with Crippen LogP contribution in [0.15, 0.2) is 0 Å². The third-order valence-corrected chi connectivity index (χ3v) is 4.39. The quantitative estimate of drug-likeness (QED) is 0.318. The van der Waals surface area contributed by atoms with Crippen molar-refractivity contribution >= 4 is 16.0 Å². The van der Waals surface area contributed by atoms with Crippen LogP contribution in [0.2, 0.25) is 0 Å². The molecule has 0 spiro atoms. The van der Waals surface area contributed by atoms with E-state index in [9.17, 15) is 18.3 Å². The first-order valence-corrected chi connectivity index (χ1v) is 8.80. The Balaban J connectivity index is 0. The van der Waals surface area contributed by atoms with Gasteiger partial charge in [0, 0.05) is 18.9 Å². The number of rotatable bonds is 13. The standard InChI is InChI=1S/C13H27NO4S.K/c1-2-3-4-5-6-7-8-9-12-19(17,18)14-11-10-13(15)16;/h14H,2-12H2,1H3,(H,15,16);/q;+1/p-1. The number of carbonyl (C=O) groups excluding carboxylic acids is 1. The largest absolute Gasteiger partial charge is 1.00 e. The summed E-state index contributed by atoms with van der Waals surface area (Å²) in [5.74, 6) is -1.16. The average Bonchev–Trinajstić information content (AvgIpc) is 2.31. The fourth-order valence-electron chi connectivity index (χ4n) is 1.81. The molecular weight excluding hydrogens is 305 g/mol. The molecule has 0 amide bonds. The van der Waals surface area contributed by atoms with Gasteiger partial charge in [-0.25, -0.2) is 13.1 Å². The number of unbranched alkanes of at least 4 members (excludes halogenated alkanes) is 7. The Labute approximate surface area is 165 Å². The minimum atomic E-state index is -3.32. The van der Waals surface area contributed by atoms with E-state index in [1.54, 1.807) is 0 Å². The summed E-state index contributed by atoms with van der Waals surface area (Å²) < 4.78 is 25.2. The van der Waals surface area contributed by atoms with E-state index in [-0.39, 0.29) is 70.1 Å². The fraction of sp³-hybridized carbons (Fsp3) is 0.923. The molecule has 0 atom stereocenters. The zero-order valence-electron chi connectivity index (χ0n) is 12.8.